The van der Waals surface area contributed by atoms with Crippen LogP contribution in [-0.4, -0.2) is 5.11 Å². The number of hydrogen-bond donors (Lipinski definition) is 1. The van der Waals surface area contributed by atoms with Crippen molar-refractivity contribution < 1.29 is 9.52 Å². The van der Waals surface area contributed by atoms with Gasteiger partial charge in [-0.3, -0.25) is 0 Å². The number of rotatable bonds is 8. The molecule has 13 aromatic rings. The topological polar surface area (TPSA) is 36.6 Å². The summed E-state index contributed by atoms with van der Waals surface area (Å²) in [4.78, 5) is 2.49. The molecule has 0 aliphatic heterocycles. The Hall–Kier alpha value is -9.96. The molecular weight excluding hydrogens is 935 g/mol. The van der Waals surface area contributed by atoms with E-state index in [9.17, 15) is 5.11 Å². The minimum atomic E-state index is -0.500. The van der Waals surface area contributed by atoms with Gasteiger partial charge in [0.1, 0.15) is 16.9 Å². The smallest absolute Gasteiger partial charge is 0.136 e. The van der Waals surface area contributed by atoms with Crippen LogP contribution in [0.25, 0.3) is 99.8 Å². The zero-order valence-corrected chi connectivity index (χ0v) is 42.3. The van der Waals surface area contributed by atoms with Crippen molar-refractivity contribution in [3.63, 3.8) is 0 Å². The van der Waals surface area contributed by atoms with Crippen molar-refractivity contribution in [2.45, 2.75) is 12.3 Å². The number of aryl methyl sites for hydroxylation is 1. The van der Waals surface area contributed by atoms with Crippen LogP contribution in [0.15, 0.2) is 277 Å². The van der Waals surface area contributed by atoms with Gasteiger partial charge in [0, 0.05) is 38.7 Å². The second-order valence-electron chi connectivity index (χ2n) is 20.4. The molecule has 1 heterocycles. The highest BCUT2D eigenvalue weighted by molar-refractivity contribution is 6.17. The van der Waals surface area contributed by atoms with E-state index in [2.05, 4.69) is 254 Å². The van der Waals surface area contributed by atoms with E-state index in [0.717, 1.165) is 100 Å². The summed E-state index contributed by atoms with van der Waals surface area (Å²) in [5.41, 5.74) is 26.2. The molecule has 0 radical (unpaired) electrons. The quantitative estimate of drug-likeness (QED) is 0.165. The maximum Gasteiger partial charge on any atom is 0.136 e. The van der Waals surface area contributed by atoms with Gasteiger partial charge in [0.25, 0.3) is 0 Å². The number of benzene rings is 12. The molecular formula is C74H49NO2. The van der Waals surface area contributed by atoms with Crippen molar-refractivity contribution in [2.75, 3.05) is 4.90 Å². The Morgan fingerprint density at radius 2 is 0.844 bits per heavy atom. The zero-order chi connectivity index (χ0) is 51.2. The fraction of sp³-hybridized carbons (Fsp3) is 0.0270. The van der Waals surface area contributed by atoms with Gasteiger partial charge in [-0.2, -0.15) is 0 Å². The average molecular weight is 984 g/mol. The summed E-state index contributed by atoms with van der Waals surface area (Å²) < 4.78 is 6.69. The minimum Gasteiger partial charge on any atom is -0.507 e. The first-order chi connectivity index (χ1) is 38.1. The van der Waals surface area contributed by atoms with Gasteiger partial charge >= 0.3 is 0 Å². The van der Waals surface area contributed by atoms with Crippen molar-refractivity contribution in [3.05, 3.63) is 301 Å². The van der Waals surface area contributed by atoms with Crippen molar-refractivity contribution in [1.82, 2.24) is 0 Å². The summed E-state index contributed by atoms with van der Waals surface area (Å²) in [7, 11) is 0. The number of furan rings is 1. The van der Waals surface area contributed by atoms with E-state index in [4.69, 9.17) is 4.42 Å². The lowest BCUT2D eigenvalue weighted by Gasteiger charge is -2.32. The lowest BCUT2D eigenvalue weighted by Crippen LogP contribution is -2.26. The molecule has 3 heteroatoms. The van der Waals surface area contributed by atoms with Crippen molar-refractivity contribution >= 4 is 39.0 Å². The third-order valence-corrected chi connectivity index (χ3v) is 16.4. The molecule has 362 valence electrons. The molecule has 2 aliphatic rings. The monoisotopic (exact) mass is 983 g/mol. The minimum absolute atomic E-state index is 0.246. The van der Waals surface area contributed by atoms with E-state index in [1.54, 1.807) is 6.07 Å². The number of para-hydroxylation sites is 3. The molecule has 2 aliphatic carbocycles. The van der Waals surface area contributed by atoms with Crippen LogP contribution in [-0.2, 0) is 5.41 Å². The Kier molecular flexibility index (Phi) is 10.2. The Morgan fingerprint density at radius 3 is 1.56 bits per heavy atom. The molecule has 0 amide bonds. The lowest BCUT2D eigenvalue weighted by molar-refractivity contribution is 0.477. The highest BCUT2D eigenvalue weighted by atomic mass is 16.3. The Morgan fingerprint density at radius 1 is 0.325 bits per heavy atom. The van der Waals surface area contributed by atoms with Gasteiger partial charge in [0.2, 0.25) is 0 Å². The second-order valence-corrected chi connectivity index (χ2v) is 20.4. The number of fused-ring (bicyclic) bond motifs is 13. The number of hydrogen-bond acceptors (Lipinski definition) is 3. The SMILES string of the molecule is Cc1ccc(-c2ccc3oc4ccccc4c3c2-c2ccc(N(c3ccccc3-c3ccccc3)c3cccc4c3-c3ccccc3C43c4ccccc4-c4ccccc43)cc2)c(-c2ccccc2)c1-c1ccccc1O. The lowest BCUT2D eigenvalue weighted by atomic mass is 9.70. The van der Waals surface area contributed by atoms with Gasteiger partial charge < -0.3 is 14.4 Å². The molecule has 3 nitrogen and oxygen atoms in total. The van der Waals surface area contributed by atoms with Crippen molar-refractivity contribution in [2.24, 2.45) is 0 Å². The molecule has 12 aromatic carbocycles. The van der Waals surface area contributed by atoms with E-state index in [1.807, 2.05) is 24.3 Å². The largest absolute Gasteiger partial charge is 0.507 e. The van der Waals surface area contributed by atoms with Gasteiger partial charge in [-0.25, -0.2) is 0 Å². The Bertz CT molecular complexity index is 4430. The summed E-state index contributed by atoms with van der Waals surface area (Å²) in [6.07, 6.45) is 0. The molecule has 0 bridgehead atoms. The van der Waals surface area contributed by atoms with Gasteiger partial charge in [-0.05, 0) is 139 Å². The standard InChI is InChI=1S/C74H49NO2/c1-47-39-44-55(70(49-23-6-3-7-24-49)69(47)58-29-12-18-37-66(58)76)56-45-46-68-73(59-30-13-19-38-67(59)77-68)71(56)50-40-42-51(43-41-50)75(64-35-17-11-25-52(64)48-21-4-2-5-22-48)65-36-20-34-63-72(65)57-28-10-16-33-62(57)74(63)60-31-14-8-26-53(60)54-27-9-15-32-61(54)74/h2-46,76H,1H3. The zero-order valence-electron chi connectivity index (χ0n) is 42.3. The van der Waals surface area contributed by atoms with Crippen LogP contribution in [0.2, 0.25) is 0 Å². The number of nitrogens with zero attached hydrogens (tertiary/aromatic N) is 1. The summed E-state index contributed by atoms with van der Waals surface area (Å²) in [5.74, 6) is 0.246. The van der Waals surface area contributed by atoms with Crippen LogP contribution in [0.3, 0.4) is 0 Å². The highest BCUT2D eigenvalue weighted by Gasteiger charge is 2.52. The molecule has 0 atom stereocenters. The molecule has 0 fully saturated rings. The third kappa shape index (κ3) is 6.63. The Balaban J connectivity index is 0.989. The molecule has 0 saturated carbocycles. The van der Waals surface area contributed by atoms with E-state index in [1.165, 1.54) is 44.5 Å². The summed E-state index contributed by atoms with van der Waals surface area (Å²) in [6, 6.07) is 98.4. The number of phenols is 1. The summed E-state index contributed by atoms with van der Waals surface area (Å²) >= 11 is 0. The summed E-state index contributed by atoms with van der Waals surface area (Å²) in [5, 5.41) is 13.6. The van der Waals surface area contributed by atoms with Gasteiger partial charge in [0.15, 0.2) is 0 Å². The maximum absolute atomic E-state index is 11.5. The first-order valence-corrected chi connectivity index (χ1v) is 26.5. The van der Waals surface area contributed by atoms with Gasteiger partial charge in [-0.1, -0.05) is 224 Å². The normalized spacial score (nSPS) is 12.6. The number of aromatic hydroxyl groups is 1. The van der Waals surface area contributed by atoms with E-state index >= 15 is 0 Å². The van der Waals surface area contributed by atoms with Gasteiger partial charge in [-0.15, -0.1) is 0 Å². The fourth-order valence-electron chi connectivity index (χ4n) is 13.2. The van der Waals surface area contributed by atoms with Crippen molar-refractivity contribution in [3.8, 4) is 83.6 Å². The molecule has 0 unspecified atom stereocenters. The molecule has 1 N–H and O–H groups in total. The number of anilines is 3. The molecule has 77 heavy (non-hydrogen) atoms. The maximum atomic E-state index is 11.5. The van der Waals surface area contributed by atoms with Crippen LogP contribution in [0.1, 0.15) is 27.8 Å². The van der Waals surface area contributed by atoms with E-state index < -0.39 is 5.41 Å². The molecule has 0 saturated heterocycles. The molecule has 1 spiro atoms. The second kappa shape index (κ2) is 17.6. The van der Waals surface area contributed by atoms with Crippen LogP contribution in [0.4, 0.5) is 17.1 Å². The van der Waals surface area contributed by atoms with Crippen LogP contribution < -0.4 is 4.90 Å². The highest BCUT2D eigenvalue weighted by Crippen LogP contribution is 2.65. The first-order valence-electron chi connectivity index (χ1n) is 26.5. The third-order valence-electron chi connectivity index (χ3n) is 16.4. The van der Waals surface area contributed by atoms with Crippen LogP contribution in [0, 0.1) is 6.92 Å². The predicted octanol–water partition coefficient (Wildman–Crippen LogP) is 19.7. The number of phenolic OH excluding ortho intramolecular Hbond substituents is 1. The van der Waals surface area contributed by atoms with Crippen LogP contribution in [0.5, 0.6) is 5.75 Å². The van der Waals surface area contributed by atoms with Crippen molar-refractivity contribution in [1.29, 1.82) is 0 Å². The van der Waals surface area contributed by atoms with E-state index in [0.29, 0.717) is 0 Å². The predicted molar refractivity (Wildman–Crippen MR) is 318 cm³/mol. The van der Waals surface area contributed by atoms with E-state index in [-0.39, 0.29) is 5.75 Å². The molecule has 1 aromatic heterocycles. The average Bonchev–Trinajstić information content (AvgIpc) is 3.70. The Labute approximate surface area is 447 Å². The molecule has 15 rings (SSSR count). The first kappa shape index (κ1) is 44.5. The fourth-order valence-corrected chi connectivity index (χ4v) is 13.2. The summed E-state index contributed by atoms with van der Waals surface area (Å²) in [6.45, 7) is 2.14. The van der Waals surface area contributed by atoms with Gasteiger partial charge in [0.05, 0.1) is 16.8 Å². The van der Waals surface area contributed by atoms with Crippen LogP contribution >= 0.6 is 0 Å².